The number of nitrogens with zero attached hydrogens (tertiary/aromatic N) is 2. The van der Waals surface area contributed by atoms with Gasteiger partial charge in [0.1, 0.15) is 0 Å². The van der Waals surface area contributed by atoms with Gasteiger partial charge in [0.05, 0.1) is 6.20 Å². The average molecular weight is 150 g/mol. The second kappa shape index (κ2) is 2.30. The summed E-state index contributed by atoms with van der Waals surface area (Å²) in [5, 5.41) is 7.35. The zero-order valence-corrected chi connectivity index (χ0v) is 5.78. The summed E-state index contributed by atoms with van der Waals surface area (Å²) in [7, 11) is 0. The van der Waals surface area contributed by atoms with E-state index in [0.717, 1.165) is 0 Å². The average Bonchev–Trinajstić information content (AvgIpc) is 2.04. The van der Waals surface area contributed by atoms with Crippen LogP contribution >= 0.6 is 0 Å². The molecule has 0 aliphatic carbocycles. The zero-order chi connectivity index (χ0) is 7.68. The minimum Gasteiger partial charge on any atom is -0.446 e. The lowest BCUT2D eigenvalue weighted by molar-refractivity contribution is 0.181. The second-order valence-corrected chi connectivity index (χ2v) is 2.13. The van der Waals surface area contributed by atoms with E-state index in [-0.39, 0.29) is 0 Å². The van der Waals surface area contributed by atoms with Crippen molar-refractivity contribution in [3.8, 4) is 11.6 Å². The van der Waals surface area contributed by atoms with E-state index in [0.29, 0.717) is 24.3 Å². The van der Waals surface area contributed by atoms with Crippen LogP contribution in [0.2, 0.25) is 0 Å². The van der Waals surface area contributed by atoms with Crippen LogP contribution in [-0.2, 0) is 0 Å². The van der Waals surface area contributed by atoms with E-state index in [4.69, 9.17) is 9.47 Å². The van der Waals surface area contributed by atoms with E-state index in [1.807, 2.05) is 0 Å². The molecule has 1 aromatic heterocycles. The van der Waals surface area contributed by atoms with E-state index >= 15 is 0 Å². The van der Waals surface area contributed by atoms with Crippen molar-refractivity contribution >= 4 is 0 Å². The van der Waals surface area contributed by atoms with Gasteiger partial charge in [-0.1, -0.05) is 6.92 Å². The molecule has 4 nitrogen and oxygen atoms in total. The molecule has 0 bridgehead atoms. The molecule has 0 unspecified atom stereocenters. The van der Waals surface area contributed by atoms with Crippen molar-refractivity contribution in [2.45, 2.75) is 0 Å². The van der Waals surface area contributed by atoms with Crippen molar-refractivity contribution in [3.05, 3.63) is 25.3 Å². The van der Waals surface area contributed by atoms with Gasteiger partial charge >= 0.3 is 5.88 Å². The monoisotopic (exact) mass is 150 g/mol. The molecular formula is C7H6N2O2. The maximum atomic E-state index is 5.21. The Kier molecular flexibility index (Phi) is 1.31. The van der Waals surface area contributed by atoms with Crippen LogP contribution in [0, 0.1) is 13.0 Å². The summed E-state index contributed by atoms with van der Waals surface area (Å²) in [5.41, 5.74) is 0. The molecule has 4 heteroatoms. The summed E-state index contributed by atoms with van der Waals surface area (Å²) in [6.07, 6.45) is 2.11. The Bertz CT molecular complexity index is 264. The molecule has 1 aliphatic heterocycles. The SMILES string of the molecule is [CH2-][C+]1COc2ccnnc2O1. The highest BCUT2D eigenvalue weighted by Gasteiger charge is 2.23. The van der Waals surface area contributed by atoms with Gasteiger partial charge in [0, 0.05) is 6.07 Å². The Morgan fingerprint density at radius 2 is 2.55 bits per heavy atom. The Morgan fingerprint density at radius 3 is 3.45 bits per heavy atom. The molecule has 0 atom stereocenters. The van der Waals surface area contributed by atoms with Crippen LogP contribution < -0.4 is 9.47 Å². The minimum absolute atomic E-state index is 0.388. The van der Waals surface area contributed by atoms with Gasteiger partial charge < -0.3 is 9.47 Å². The highest BCUT2D eigenvalue weighted by atomic mass is 16.6. The lowest BCUT2D eigenvalue weighted by Crippen LogP contribution is -2.19. The molecule has 56 valence electrons. The molecule has 1 aromatic rings. The topological polar surface area (TPSA) is 44.2 Å². The third-order valence-electron chi connectivity index (χ3n) is 1.28. The Balaban J connectivity index is 2.34. The number of hydrogen-bond donors (Lipinski definition) is 0. The minimum atomic E-state index is 0.388. The van der Waals surface area contributed by atoms with Crippen LogP contribution in [0.4, 0.5) is 0 Å². The predicted molar refractivity (Wildman–Crippen MR) is 36.8 cm³/mol. The lowest BCUT2D eigenvalue weighted by Gasteiger charge is -2.15. The molecule has 0 spiro atoms. The molecule has 0 N–H and O–H groups in total. The smallest absolute Gasteiger partial charge is 0.330 e. The molecule has 0 saturated carbocycles. The summed E-state index contributed by atoms with van der Waals surface area (Å²) in [6.45, 7) is 3.99. The van der Waals surface area contributed by atoms with Crippen molar-refractivity contribution < 1.29 is 9.47 Å². The van der Waals surface area contributed by atoms with Gasteiger partial charge in [-0.15, -0.1) is 5.10 Å². The number of fused-ring (bicyclic) bond motifs is 1. The van der Waals surface area contributed by atoms with Gasteiger partial charge in [-0.05, 0) is 0 Å². The maximum absolute atomic E-state index is 5.21. The fourth-order valence-electron chi connectivity index (χ4n) is 0.812. The van der Waals surface area contributed by atoms with E-state index < -0.39 is 0 Å². The van der Waals surface area contributed by atoms with E-state index in [1.54, 1.807) is 12.3 Å². The van der Waals surface area contributed by atoms with E-state index in [9.17, 15) is 0 Å². The largest absolute Gasteiger partial charge is 0.446 e. The fraction of sp³-hybridized carbons (Fsp3) is 0.143. The van der Waals surface area contributed by atoms with E-state index in [1.165, 1.54) is 0 Å². The Morgan fingerprint density at radius 1 is 1.64 bits per heavy atom. The molecule has 2 rings (SSSR count). The van der Waals surface area contributed by atoms with Gasteiger partial charge in [-0.3, -0.25) is 0 Å². The Hall–Kier alpha value is -1.45. The van der Waals surface area contributed by atoms with Gasteiger partial charge in [-0.25, -0.2) is 0 Å². The number of ether oxygens (including phenoxy) is 2. The highest BCUT2D eigenvalue weighted by Crippen LogP contribution is 2.29. The van der Waals surface area contributed by atoms with Crippen LogP contribution in [0.3, 0.4) is 0 Å². The molecule has 0 amide bonds. The number of aromatic nitrogens is 2. The lowest BCUT2D eigenvalue weighted by atomic mass is 10.4. The van der Waals surface area contributed by atoms with Crippen LogP contribution in [-0.4, -0.2) is 16.8 Å². The molecule has 0 radical (unpaired) electrons. The summed E-state index contributed by atoms with van der Waals surface area (Å²) < 4.78 is 10.3. The van der Waals surface area contributed by atoms with Crippen LogP contribution in [0.15, 0.2) is 12.3 Å². The molecule has 11 heavy (non-hydrogen) atoms. The van der Waals surface area contributed by atoms with Crippen LogP contribution in [0.1, 0.15) is 0 Å². The quantitative estimate of drug-likeness (QED) is 0.508. The third-order valence-corrected chi connectivity index (χ3v) is 1.28. The normalized spacial score (nSPS) is 14.8. The maximum Gasteiger partial charge on any atom is 0.330 e. The van der Waals surface area contributed by atoms with Crippen molar-refractivity contribution in [1.29, 1.82) is 0 Å². The first-order valence-electron chi connectivity index (χ1n) is 3.16. The third kappa shape index (κ3) is 1.07. The first-order chi connectivity index (χ1) is 5.36. The highest BCUT2D eigenvalue weighted by molar-refractivity contribution is 5.33. The zero-order valence-electron chi connectivity index (χ0n) is 5.78. The Labute approximate surface area is 64.2 Å². The van der Waals surface area contributed by atoms with Crippen LogP contribution in [0.25, 0.3) is 0 Å². The second-order valence-electron chi connectivity index (χ2n) is 2.13. The fourth-order valence-corrected chi connectivity index (χ4v) is 0.812. The summed E-state index contributed by atoms with van der Waals surface area (Å²) in [5.74, 6) is 1.01. The van der Waals surface area contributed by atoms with Crippen molar-refractivity contribution in [2.24, 2.45) is 0 Å². The molecule has 2 heterocycles. The molecule has 0 saturated heterocycles. The summed E-state index contributed by atoms with van der Waals surface area (Å²) >= 11 is 0. The summed E-state index contributed by atoms with van der Waals surface area (Å²) in [6, 6.07) is 1.70. The number of hydrogen-bond acceptors (Lipinski definition) is 4. The molecule has 0 aromatic carbocycles. The van der Waals surface area contributed by atoms with Crippen molar-refractivity contribution in [1.82, 2.24) is 10.2 Å². The van der Waals surface area contributed by atoms with E-state index in [2.05, 4.69) is 17.1 Å². The van der Waals surface area contributed by atoms with Gasteiger partial charge in [-0.2, -0.15) is 5.10 Å². The van der Waals surface area contributed by atoms with Gasteiger partial charge in [0.25, 0.3) is 0 Å². The molecular weight excluding hydrogens is 144 g/mol. The first kappa shape index (κ1) is 6.27. The molecule has 0 fully saturated rings. The predicted octanol–water partition coefficient (Wildman–Crippen LogP) is 0.614. The standard InChI is InChI=1S/C7H6N2O2/c1-5-4-10-6-2-3-8-9-7(6)11-5/h2-3H,1,4H2. The number of rotatable bonds is 0. The molecule has 1 aliphatic rings. The van der Waals surface area contributed by atoms with Crippen LogP contribution in [0.5, 0.6) is 11.6 Å². The van der Waals surface area contributed by atoms with Gasteiger partial charge in [0.2, 0.25) is 6.61 Å². The van der Waals surface area contributed by atoms with Gasteiger partial charge in [0.15, 0.2) is 11.9 Å². The first-order valence-corrected chi connectivity index (χ1v) is 3.16. The van der Waals surface area contributed by atoms with Crippen molar-refractivity contribution in [2.75, 3.05) is 6.61 Å². The van der Waals surface area contributed by atoms with Crippen molar-refractivity contribution in [3.63, 3.8) is 0 Å². The summed E-state index contributed by atoms with van der Waals surface area (Å²) in [4.78, 5) is 0.